The number of fused-ring (bicyclic) bond motifs is 1. The lowest BCUT2D eigenvalue weighted by Gasteiger charge is -2.31. The summed E-state index contributed by atoms with van der Waals surface area (Å²) in [6.07, 6.45) is -3.27. The van der Waals surface area contributed by atoms with Crippen LogP contribution in [0, 0.1) is 0 Å². The van der Waals surface area contributed by atoms with Crippen molar-refractivity contribution in [2.75, 3.05) is 6.54 Å². The number of carbonyl (C=O) groups is 2. The number of carbonyl (C=O) groups excluding carboxylic acids is 1. The molecule has 2 N–H and O–H groups in total. The topological polar surface area (TPSA) is 87.5 Å². The summed E-state index contributed by atoms with van der Waals surface area (Å²) in [6, 6.07) is 8.27. The van der Waals surface area contributed by atoms with E-state index in [1.165, 1.54) is 9.75 Å². The largest absolute Gasteiger partial charge is 0.490 e. The van der Waals surface area contributed by atoms with Crippen LogP contribution in [0.15, 0.2) is 41.4 Å². The van der Waals surface area contributed by atoms with Crippen LogP contribution in [0.4, 0.5) is 13.2 Å². The van der Waals surface area contributed by atoms with Gasteiger partial charge in [-0.2, -0.15) is 13.2 Å². The fourth-order valence-electron chi connectivity index (χ4n) is 3.34. The molecule has 3 aromatic rings. The highest BCUT2D eigenvalue weighted by Gasteiger charge is 2.38. The van der Waals surface area contributed by atoms with Gasteiger partial charge in [-0.15, -0.1) is 22.7 Å². The first kappa shape index (κ1) is 24.0. The lowest BCUT2D eigenvalue weighted by molar-refractivity contribution is -0.192. The van der Waals surface area contributed by atoms with Gasteiger partial charge >= 0.3 is 12.1 Å². The standard InChI is InChI=1S/C18H20N4OS2.C2HF3O2/c1-21-12-20-16-11-22(9-14-5-3-7-25-14)10-15(17(16)21)18(23)19-8-13-4-2-6-24-13;3-2(4,5)1(6)7/h2-7,12,15H,8-11H2,1H3,(H,19,23);(H,6,7). The van der Waals surface area contributed by atoms with E-state index in [0.29, 0.717) is 6.54 Å². The predicted molar refractivity (Wildman–Crippen MR) is 114 cm³/mol. The summed E-state index contributed by atoms with van der Waals surface area (Å²) in [7, 11) is 1.97. The third-order valence-electron chi connectivity index (χ3n) is 4.74. The summed E-state index contributed by atoms with van der Waals surface area (Å²) in [6.45, 7) is 2.97. The molecule has 4 rings (SSSR count). The molecule has 1 aliphatic heterocycles. The molecule has 3 aromatic heterocycles. The zero-order valence-electron chi connectivity index (χ0n) is 17.0. The Balaban J connectivity index is 0.000000360. The minimum Gasteiger partial charge on any atom is -0.475 e. The van der Waals surface area contributed by atoms with E-state index >= 15 is 0 Å². The molecular weight excluding hydrogens is 465 g/mol. The third-order valence-corrected chi connectivity index (χ3v) is 6.48. The Morgan fingerprint density at radius 3 is 2.41 bits per heavy atom. The average molecular weight is 487 g/mol. The number of hydrogen-bond donors (Lipinski definition) is 2. The first-order valence-electron chi connectivity index (χ1n) is 9.50. The van der Waals surface area contributed by atoms with Crippen molar-refractivity contribution < 1.29 is 27.9 Å². The molecule has 1 aliphatic rings. The summed E-state index contributed by atoms with van der Waals surface area (Å²) in [5, 5.41) is 14.3. The Bertz CT molecular complexity index is 1030. The van der Waals surface area contributed by atoms with E-state index in [-0.39, 0.29) is 11.8 Å². The van der Waals surface area contributed by atoms with Crippen LogP contribution in [0.2, 0.25) is 0 Å². The van der Waals surface area contributed by atoms with Gasteiger partial charge in [-0.25, -0.2) is 9.78 Å². The zero-order valence-corrected chi connectivity index (χ0v) is 18.6. The third kappa shape index (κ3) is 6.17. The van der Waals surface area contributed by atoms with Gasteiger partial charge in [0.1, 0.15) is 0 Å². The number of alkyl halides is 3. The van der Waals surface area contributed by atoms with E-state index in [4.69, 9.17) is 9.90 Å². The van der Waals surface area contributed by atoms with Crippen molar-refractivity contribution in [1.29, 1.82) is 0 Å². The molecule has 172 valence electrons. The van der Waals surface area contributed by atoms with Gasteiger partial charge in [0, 0.05) is 36.4 Å². The van der Waals surface area contributed by atoms with E-state index in [9.17, 15) is 18.0 Å². The van der Waals surface area contributed by atoms with Crippen molar-refractivity contribution in [2.24, 2.45) is 7.05 Å². The van der Waals surface area contributed by atoms with Gasteiger partial charge in [-0.3, -0.25) is 9.69 Å². The van der Waals surface area contributed by atoms with Gasteiger partial charge in [0.15, 0.2) is 0 Å². The summed E-state index contributed by atoms with van der Waals surface area (Å²) >= 11 is 3.42. The minimum absolute atomic E-state index is 0.0779. The number of hydrogen-bond acceptors (Lipinski definition) is 6. The molecule has 1 amide bonds. The molecule has 1 atom stereocenters. The van der Waals surface area contributed by atoms with E-state index in [0.717, 1.165) is 31.0 Å². The van der Waals surface area contributed by atoms with E-state index < -0.39 is 12.1 Å². The number of thiophene rings is 2. The van der Waals surface area contributed by atoms with E-state index in [1.54, 1.807) is 22.7 Å². The van der Waals surface area contributed by atoms with Crippen LogP contribution in [0.25, 0.3) is 0 Å². The zero-order chi connectivity index (χ0) is 23.3. The van der Waals surface area contributed by atoms with E-state index in [2.05, 4.69) is 32.7 Å². The highest BCUT2D eigenvalue weighted by molar-refractivity contribution is 7.10. The number of nitrogens with zero attached hydrogens (tertiary/aromatic N) is 3. The molecule has 32 heavy (non-hydrogen) atoms. The van der Waals surface area contributed by atoms with Gasteiger partial charge < -0.3 is 15.0 Å². The van der Waals surface area contributed by atoms with Gasteiger partial charge in [0.05, 0.1) is 30.2 Å². The van der Waals surface area contributed by atoms with Crippen LogP contribution in [0.5, 0.6) is 0 Å². The van der Waals surface area contributed by atoms with Crippen molar-refractivity contribution in [3.05, 3.63) is 62.5 Å². The molecule has 0 radical (unpaired) electrons. The van der Waals surface area contributed by atoms with Gasteiger partial charge in [-0.05, 0) is 22.9 Å². The van der Waals surface area contributed by atoms with Crippen LogP contribution in [-0.4, -0.2) is 44.2 Å². The highest BCUT2D eigenvalue weighted by atomic mass is 32.1. The van der Waals surface area contributed by atoms with Crippen molar-refractivity contribution in [1.82, 2.24) is 19.8 Å². The SMILES string of the molecule is Cn1cnc2c1C(C(=O)NCc1cccs1)CN(Cc1cccs1)C2.O=C(O)C(F)(F)F. The number of carboxylic acid groups (broad SMARTS) is 1. The van der Waals surface area contributed by atoms with Crippen LogP contribution < -0.4 is 5.32 Å². The van der Waals surface area contributed by atoms with Gasteiger partial charge in [0.25, 0.3) is 0 Å². The maximum atomic E-state index is 12.9. The summed E-state index contributed by atoms with van der Waals surface area (Å²) in [5.41, 5.74) is 2.06. The second-order valence-corrected chi connectivity index (χ2v) is 9.15. The number of rotatable bonds is 5. The molecule has 12 heteroatoms. The van der Waals surface area contributed by atoms with Crippen LogP contribution in [-0.2, 0) is 36.3 Å². The lowest BCUT2D eigenvalue weighted by atomic mass is 9.97. The van der Waals surface area contributed by atoms with Crippen molar-refractivity contribution in [2.45, 2.75) is 31.7 Å². The molecular formula is C20H21F3N4O3S2. The van der Waals surface area contributed by atoms with Gasteiger partial charge in [-0.1, -0.05) is 12.1 Å². The summed E-state index contributed by atoms with van der Waals surface area (Å²) in [4.78, 5) is 31.1. The first-order valence-corrected chi connectivity index (χ1v) is 11.3. The second kappa shape index (κ2) is 10.3. The van der Waals surface area contributed by atoms with Crippen LogP contribution >= 0.6 is 22.7 Å². The monoisotopic (exact) mass is 486 g/mol. The Morgan fingerprint density at radius 2 is 1.84 bits per heavy atom. The number of carboxylic acids is 1. The molecule has 0 fully saturated rings. The number of imidazole rings is 1. The number of aryl methyl sites for hydroxylation is 1. The van der Waals surface area contributed by atoms with Gasteiger partial charge in [0.2, 0.25) is 5.91 Å². The van der Waals surface area contributed by atoms with Crippen molar-refractivity contribution >= 4 is 34.6 Å². The molecule has 1 unspecified atom stereocenters. The number of aliphatic carboxylic acids is 1. The Labute approximate surface area is 190 Å². The number of aromatic nitrogens is 2. The molecule has 0 spiro atoms. The quantitative estimate of drug-likeness (QED) is 0.576. The van der Waals surface area contributed by atoms with Crippen LogP contribution in [0.1, 0.15) is 27.1 Å². The second-order valence-electron chi connectivity index (χ2n) is 7.09. The van der Waals surface area contributed by atoms with E-state index in [1.807, 2.05) is 35.5 Å². The molecule has 0 aromatic carbocycles. The highest BCUT2D eigenvalue weighted by Crippen LogP contribution is 2.29. The molecule has 7 nitrogen and oxygen atoms in total. The summed E-state index contributed by atoms with van der Waals surface area (Å²) in [5.74, 6) is -2.86. The normalized spacial score (nSPS) is 16.1. The average Bonchev–Trinajstić information content (AvgIpc) is 3.49. The number of halogens is 3. The number of nitrogens with one attached hydrogen (secondary N) is 1. The fraction of sp³-hybridized carbons (Fsp3) is 0.350. The molecule has 0 saturated carbocycles. The van der Waals surface area contributed by atoms with Crippen LogP contribution in [0.3, 0.4) is 0 Å². The molecule has 0 saturated heterocycles. The minimum atomic E-state index is -5.08. The Kier molecular flexibility index (Phi) is 7.69. The Hall–Kier alpha value is -2.70. The predicted octanol–water partition coefficient (Wildman–Crippen LogP) is 3.59. The Morgan fingerprint density at radius 1 is 1.22 bits per heavy atom. The smallest absolute Gasteiger partial charge is 0.475 e. The maximum Gasteiger partial charge on any atom is 0.490 e. The number of amides is 1. The van der Waals surface area contributed by atoms with Crippen molar-refractivity contribution in [3.8, 4) is 0 Å². The fourth-order valence-corrected chi connectivity index (χ4v) is 4.73. The van der Waals surface area contributed by atoms with Crippen molar-refractivity contribution in [3.63, 3.8) is 0 Å². The first-order chi connectivity index (χ1) is 15.1. The molecule has 0 bridgehead atoms. The molecule has 0 aliphatic carbocycles. The molecule has 4 heterocycles. The lowest BCUT2D eigenvalue weighted by Crippen LogP contribution is -2.41. The summed E-state index contributed by atoms with van der Waals surface area (Å²) < 4.78 is 33.7. The maximum absolute atomic E-state index is 12.9.